The van der Waals surface area contributed by atoms with Gasteiger partial charge >= 0.3 is 0 Å². The number of benzene rings is 10. The molecule has 81 heavy (non-hydrogen) atoms. The SMILES string of the molecule is CC(C)(C)c1ccc(-c2ccccc2)cc1.CC(C)(C)c1ccc2c(c1)c1ccccc1n2-c1ccccc1.CC(C)(C)c1cccc(-c2ccccc2)c1.CC(C)(C)c1ccccc1.CC(C)(C)c1ccccc1-c1ccccc1. The van der Waals surface area contributed by atoms with Crippen LogP contribution in [-0.2, 0) is 27.1 Å². The summed E-state index contributed by atoms with van der Waals surface area (Å²) in [6.45, 7) is 33.7. The van der Waals surface area contributed by atoms with Gasteiger partial charge in [-0.15, -0.1) is 0 Å². The standard InChI is InChI=1S/C22H21N.3C16H18.C10H14/c1-22(2,3)16-13-14-21-19(15-16)18-11-7-8-12-20(18)23(21)17-9-5-4-6-10-17;1-16(2,3)15-12-8-7-11-14(15)13-9-5-4-6-10-13;1-16(2,3)15-11-7-10-14(12-15)13-8-5-4-6-9-13;1-16(2,3)15-11-9-14(10-12-15)13-7-5-4-6-8-13;1-10(2,3)9-7-5-4-6-8-9/h4-15H,1-3H3;3*4-12H,1-3H3;4-8H,1-3H3. The summed E-state index contributed by atoms with van der Waals surface area (Å²) >= 11 is 0. The van der Waals surface area contributed by atoms with Crippen molar-refractivity contribution in [2.75, 3.05) is 0 Å². The summed E-state index contributed by atoms with van der Waals surface area (Å²) in [5, 5.41) is 2.65. The molecule has 0 radical (unpaired) electrons. The van der Waals surface area contributed by atoms with E-state index in [4.69, 9.17) is 0 Å². The van der Waals surface area contributed by atoms with Crippen molar-refractivity contribution < 1.29 is 0 Å². The molecule has 0 aliphatic rings. The van der Waals surface area contributed by atoms with Crippen molar-refractivity contribution in [1.29, 1.82) is 0 Å². The van der Waals surface area contributed by atoms with Crippen LogP contribution in [0.25, 0.3) is 60.9 Å². The van der Waals surface area contributed by atoms with E-state index < -0.39 is 0 Å². The molecule has 0 aliphatic heterocycles. The van der Waals surface area contributed by atoms with Gasteiger partial charge in [0.1, 0.15) is 0 Å². The van der Waals surface area contributed by atoms with Gasteiger partial charge in [-0.05, 0) is 119 Å². The van der Waals surface area contributed by atoms with E-state index in [2.05, 4.69) is 369 Å². The molecule has 11 rings (SSSR count). The molecule has 10 aromatic carbocycles. The van der Waals surface area contributed by atoms with Crippen LogP contribution in [0.1, 0.15) is 132 Å². The highest BCUT2D eigenvalue weighted by molar-refractivity contribution is 6.09. The van der Waals surface area contributed by atoms with Crippen molar-refractivity contribution in [2.24, 2.45) is 0 Å². The van der Waals surface area contributed by atoms with Gasteiger partial charge in [0.25, 0.3) is 0 Å². The van der Waals surface area contributed by atoms with Crippen LogP contribution >= 0.6 is 0 Å². The molecule has 0 unspecified atom stereocenters. The Hall–Kier alpha value is -8.00. The van der Waals surface area contributed by atoms with Crippen LogP contribution in [-0.4, -0.2) is 4.57 Å². The molecule has 0 saturated carbocycles. The minimum atomic E-state index is 0.157. The van der Waals surface area contributed by atoms with E-state index in [1.54, 1.807) is 0 Å². The summed E-state index contributed by atoms with van der Waals surface area (Å²) in [6, 6.07) is 94.6. The van der Waals surface area contributed by atoms with E-state index in [9.17, 15) is 0 Å². The molecule has 414 valence electrons. The highest BCUT2D eigenvalue weighted by Gasteiger charge is 2.20. The Bertz CT molecular complexity index is 3640. The summed E-state index contributed by atoms with van der Waals surface area (Å²) in [7, 11) is 0. The van der Waals surface area contributed by atoms with Crippen LogP contribution in [0.5, 0.6) is 0 Å². The second-order valence-electron chi connectivity index (χ2n) is 26.3. The Morgan fingerprint density at radius 1 is 0.222 bits per heavy atom. The topological polar surface area (TPSA) is 4.93 Å². The van der Waals surface area contributed by atoms with Crippen molar-refractivity contribution in [3.63, 3.8) is 0 Å². The van der Waals surface area contributed by atoms with Crippen LogP contribution < -0.4 is 0 Å². The lowest BCUT2D eigenvalue weighted by Crippen LogP contribution is -2.12. The van der Waals surface area contributed by atoms with Gasteiger partial charge in [0.2, 0.25) is 0 Å². The van der Waals surface area contributed by atoms with E-state index in [0.29, 0.717) is 5.41 Å². The van der Waals surface area contributed by atoms with Crippen LogP contribution in [0.15, 0.2) is 267 Å². The van der Waals surface area contributed by atoms with Crippen LogP contribution in [0.4, 0.5) is 0 Å². The van der Waals surface area contributed by atoms with Crippen LogP contribution in [0.2, 0.25) is 0 Å². The van der Waals surface area contributed by atoms with E-state index in [0.717, 1.165) is 0 Å². The molecule has 1 nitrogen and oxygen atoms in total. The van der Waals surface area contributed by atoms with Crippen molar-refractivity contribution in [3.8, 4) is 39.1 Å². The van der Waals surface area contributed by atoms with E-state index in [1.165, 1.54) is 88.7 Å². The monoisotopic (exact) mass is 1060 g/mol. The van der Waals surface area contributed by atoms with Gasteiger partial charge in [0.15, 0.2) is 0 Å². The predicted molar refractivity (Wildman–Crippen MR) is 356 cm³/mol. The molecular weight excluding hydrogens is 975 g/mol. The largest absolute Gasteiger partial charge is 0.309 e. The van der Waals surface area contributed by atoms with Gasteiger partial charge in [-0.3, -0.25) is 0 Å². The average Bonchev–Trinajstić information content (AvgIpc) is 4.03. The number of aromatic nitrogens is 1. The Morgan fingerprint density at radius 3 is 1.09 bits per heavy atom. The number of hydrogen-bond acceptors (Lipinski definition) is 0. The molecule has 0 N–H and O–H groups in total. The first-order chi connectivity index (χ1) is 38.4. The summed E-state index contributed by atoms with van der Waals surface area (Å²) in [5.41, 5.74) is 19.6. The Labute approximate surface area is 488 Å². The fourth-order valence-electron chi connectivity index (χ4n) is 9.83. The maximum Gasteiger partial charge on any atom is 0.0541 e. The molecule has 0 bridgehead atoms. The maximum atomic E-state index is 2.36. The van der Waals surface area contributed by atoms with Crippen molar-refractivity contribution in [2.45, 2.75) is 131 Å². The van der Waals surface area contributed by atoms with E-state index in [1.807, 2.05) is 6.07 Å². The smallest absolute Gasteiger partial charge is 0.0541 e. The lowest BCUT2D eigenvalue weighted by Gasteiger charge is -2.23. The lowest BCUT2D eigenvalue weighted by molar-refractivity contribution is 0.590. The molecule has 1 aromatic heterocycles. The van der Waals surface area contributed by atoms with Gasteiger partial charge in [0, 0.05) is 16.5 Å². The third-order valence-electron chi connectivity index (χ3n) is 14.7. The zero-order valence-electron chi connectivity index (χ0n) is 51.4. The first kappa shape index (κ1) is 60.6. The summed E-state index contributed by atoms with van der Waals surface area (Å²) in [5.74, 6) is 0. The molecule has 11 aromatic rings. The molecule has 1 heterocycles. The lowest BCUT2D eigenvalue weighted by atomic mass is 9.82. The third kappa shape index (κ3) is 16.8. The van der Waals surface area contributed by atoms with Gasteiger partial charge < -0.3 is 4.57 Å². The fourth-order valence-corrected chi connectivity index (χ4v) is 9.83. The first-order valence-electron chi connectivity index (χ1n) is 29.0. The molecule has 0 fully saturated rings. The molecule has 0 atom stereocenters. The van der Waals surface area contributed by atoms with Gasteiger partial charge in [-0.1, -0.05) is 340 Å². The summed E-state index contributed by atoms with van der Waals surface area (Å²) < 4.78 is 2.36. The number of para-hydroxylation sites is 2. The number of rotatable bonds is 4. The van der Waals surface area contributed by atoms with Crippen molar-refractivity contribution in [3.05, 3.63) is 295 Å². The zero-order valence-corrected chi connectivity index (χ0v) is 51.4. The zero-order chi connectivity index (χ0) is 58.4. The minimum absolute atomic E-state index is 0.157. The molecular formula is C80H89N. The average molecular weight is 1060 g/mol. The van der Waals surface area contributed by atoms with Crippen molar-refractivity contribution in [1.82, 2.24) is 4.57 Å². The first-order valence-corrected chi connectivity index (χ1v) is 29.0. The number of nitrogens with zero attached hydrogens (tertiary/aromatic N) is 1. The summed E-state index contributed by atoms with van der Waals surface area (Å²) in [6.07, 6.45) is 0. The predicted octanol–water partition coefficient (Wildman–Crippen LogP) is 23.0. The Balaban J connectivity index is 0.000000149. The second kappa shape index (κ2) is 26.5. The minimum Gasteiger partial charge on any atom is -0.309 e. The Morgan fingerprint density at radius 2 is 0.580 bits per heavy atom. The van der Waals surface area contributed by atoms with Crippen LogP contribution in [0.3, 0.4) is 0 Å². The maximum absolute atomic E-state index is 2.36. The van der Waals surface area contributed by atoms with Gasteiger partial charge in [0.05, 0.1) is 11.0 Å². The number of fused-ring (bicyclic) bond motifs is 3. The number of hydrogen-bond donors (Lipinski definition) is 0. The third-order valence-corrected chi connectivity index (χ3v) is 14.7. The van der Waals surface area contributed by atoms with Gasteiger partial charge in [-0.25, -0.2) is 0 Å². The highest BCUT2D eigenvalue weighted by Crippen LogP contribution is 2.36. The van der Waals surface area contributed by atoms with Crippen LogP contribution in [0, 0.1) is 0 Å². The van der Waals surface area contributed by atoms with E-state index in [-0.39, 0.29) is 21.7 Å². The molecule has 0 amide bonds. The fraction of sp³-hybridized carbons (Fsp3) is 0.250. The second-order valence-corrected chi connectivity index (χ2v) is 26.3. The quantitative estimate of drug-likeness (QED) is 0.166. The molecule has 0 saturated heterocycles. The van der Waals surface area contributed by atoms with E-state index >= 15 is 0 Å². The Kier molecular flexibility index (Phi) is 19.8. The highest BCUT2D eigenvalue weighted by atomic mass is 15.0. The molecule has 1 heteroatoms. The summed E-state index contributed by atoms with van der Waals surface area (Å²) in [4.78, 5) is 0. The van der Waals surface area contributed by atoms with Gasteiger partial charge in [-0.2, -0.15) is 0 Å². The van der Waals surface area contributed by atoms with Crippen molar-refractivity contribution >= 4 is 21.8 Å². The molecule has 0 aliphatic carbocycles. The normalized spacial score (nSPS) is 11.6. The molecule has 0 spiro atoms.